The standard InChI is InChI=1S/C13H16ClNO3/c1-13(12(16)17,15-6-8-18-9-7-15)10-4-2-3-5-11(10)14/h2-5H,6-9H2,1H3,(H,16,17)/t13-/m1/s1. The number of ether oxygens (including phenoxy) is 1. The van der Waals surface area contributed by atoms with Crippen LogP contribution in [-0.2, 0) is 15.1 Å². The molecule has 0 aliphatic carbocycles. The first kappa shape index (κ1) is 13.3. The van der Waals surface area contributed by atoms with Crippen LogP contribution in [0.4, 0.5) is 0 Å². The van der Waals surface area contributed by atoms with E-state index in [1.807, 2.05) is 11.0 Å². The number of hydrogen-bond donors (Lipinski definition) is 1. The van der Waals surface area contributed by atoms with Gasteiger partial charge in [0, 0.05) is 23.7 Å². The summed E-state index contributed by atoms with van der Waals surface area (Å²) >= 11 is 6.15. The molecule has 0 spiro atoms. The van der Waals surface area contributed by atoms with Gasteiger partial charge >= 0.3 is 5.97 Å². The molecule has 98 valence electrons. The number of aliphatic carboxylic acids is 1. The van der Waals surface area contributed by atoms with E-state index in [2.05, 4.69) is 0 Å². The first-order valence-corrected chi connectivity index (χ1v) is 6.26. The van der Waals surface area contributed by atoms with Crippen molar-refractivity contribution in [1.29, 1.82) is 0 Å². The van der Waals surface area contributed by atoms with Gasteiger partial charge in [0.15, 0.2) is 0 Å². The number of carbonyl (C=O) groups is 1. The second-order valence-corrected chi connectivity index (χ2v) is 4.86. The monoisotopic (exact) mass is 269 g/mol. The Morgan fingerprint density at radius 1 is 1.39 bits per heavy atom. The summed E-state index contributed by atoms with van der Waals surface area (Å²) in [5, 5.41) is 10.1. The molecule has 5 heteroatoms. The quantitative estimate of drug-likeness (QED) is 0.912. The lowest BCUT2D eigenvalue weighted by Crippen LogP contribution is -2.54. The minimum atomic E-state index is -1.11. The molecule has 18 heavy (non-hydrogen) atoms. The zero-order chi connectivity index (χ0) is 13.2. The Bertz CT molecular complexity index is 446. The van der Waals surface area contributed by atoms with Crippen molar-refractivity contribution in [2.75, 3.05) is 26.3 Å². The lowest BCUT2D eigenvalue weighted by molar-refractivity contribution is -0.154. The molecular formula is C13H16ClNO3. The van der Waals surface area contributed by atoms with E-state index in [0.29, 0.717) is 36.9 Å². The fraction of sp³-hybridized carbons (Fsp3) is 0.462. The summed E-state index contributed by atoms with van der Waals surface area (Å²) in [6.07, 6.45) is 0. The maximum Gasteiger partial charge on any atom is 0.328 e. The lowest BCUT2D eigenvalue weighted by Gasteiger charge is -2.40. The van der Waals surface area contributed by atoms with Crippen molar-refractivity contribution < 1.29 is 14.6 Å². The summed E-state index contributed by atoms with van der Waals surface area (Å²) in [7, 11) is 0. The zero-order valence-corrected chi connectivity index (χ0v) is 11.0. The van der Waals surface area contributed by atoms with E-state index in [1.54, 1.807) is 25.1 Å². The number of halogens is 1. The lowest BCUT2D eigenvalue weighted by atomic mass is 9.89. The molecule has 2 rings (SSSR count). The molecule has 1 aliphatic rings. The van der Waals surface area contributed by atoms with Crippen molar-refractivity contribution in [3.8, 4) is 0 Å². The topological polar surface area (TPSA) is 49.8 Å². The first-order chi connectivity index (χ1) is 8.56. The molecule has 1 aromatic carbocycles. The number of carboxylic acids is 1. The third-order valence-corrected chi connectivity index (χ3v) is 3.79. The Kier molecular flexibility index (Phi) is 3.90. The number of morpholine rings is 1. The van der Waals surface area contributed by atoms with Gasteiger partial charge in [0.1, 0.15) is 5.54 Å². The fourth-order valence-corrected chi connectivity index (χ4v) is 2.61. The summed E-state index contributed by atoms with van der Waals surface area (Å²) in [5.41, 5.74) is -0.483. The molecule has 0 unspecified atom stereocenters. The maximum absolute atomic E-state index is 11.7. The van der Waals surface area contributed by atoms with E-state index in [-0.39, 0.29) is 0 Å². The fourth-order valence-electron chi connectivity index (χ4n) is 2.29. The highest BCUT2D eigenvalue weighted by Crippen LogP contribution is 2.34. The number of carboxylic acid groups (broad SMARTS) is 1. The molecule has 4 nitrogen and oxygen atoms in total. The molecule has 1 fully saturated rings. The SMILES string of the molecule is C[C@](C(=O)O)(c1ccccc1Cl)N1CCOCC1. The summed E-state index contributed by atoms with van der Waals surface area (Å²) in [6.45, 7) is 3.98. The van der Waals surface area contributed by atoms with E-state index in [0.717, 1.165) is 0 Å². The molecule has 1 heterocycles. The van der Waals surface area contributed by atoms with Crippen molar-refractivity contribution in [3.63, 3.8) is 0 Å². The van der Waals surface area contributed by atoms with Crippen LogP contribution in [0.2, 0.25) is 5.02 Å². The van der Waals surface area contributed by atoms with Gasteiger partial charge in [0.25, 0.3) is 0 Å². The summed E-state index contributed by atoms with van der Waals surface area (Å²) in [4.78, 5) is 13.6. The van der Waals surface area contributed by atoms with E-state index < -0.39 is 11.5 Å². The van der Waals surface area contributed by atoms with Gasteiger partial charge in [-0.2, -0.15) is 0 Å². The highest BCUT2D eigenvalue weighted by Gasteiger charge is 2.43. The van der Waals surface area contributed by atoms with Crippen molar-refractivity contribution in [3.05, 3.63) is 34.9 Å². The minimum Gasteiger partial charge on any atom is -0.480 e. The number of hydrogen-bond acceptors (Lipinski definition) is 3. The van der Waals surface area contributed by atoms with Crippen molar-refractivity contribution in [2.45, 2.75) is 12.5 Å². The van der Waals surface area contributed by atoms with Gasteiger partial charge < -0.3 is 9.84 Å². The number of rotatable bonds is 3. The third-order valence-electron chi connectivity index (χ3n) is 3.46. The Labute approximate surface area is 111 Å². The largest absolute Gasteiger partial charge is 0.480 e. The van der Waals surface area contributed by atoms with Gasteiger partial charge in [0.05, 0.1) is 13.2 Å². The number of nitrogens with zero attached hydrogens (tertiary/aromatic N) is 1. The van der Waals surface area contributed by atoms with Gasteiger partial charge in [-0.3, -0.25) is 4.90 Å². The van der Waals surface area contributed by atoms with E-state index in [9.17, 15) is 9.90 Å². The van der Waals surface area contributed by atoms with Crippen LogP contribution in [0.25, 0.3) is 0 Å². The smallest absolute Gasteiger partial charge is 0.328 e. The van der Waals surface area contributed by atoms with Crippen LogP contribution < -0.4 is 0 Å². The predicted molar refractivity (Wildman–Crippen MR) is 68.8 cm³/mol. The van der Waals surface area contributed by atoms with Crippen LogP contribution in [0.3, 0.4) is 0 Å². The first-order valence-electron chi connectivity index (χ1n) is 5.88. The second kappa shape index (κ2) is 5.26. The van der Waals surface area contributed by atoms with Crippen LogP contribution in [0.15, 0.2) is 24.3 Å². The maximum atomic E-state index is 11.7. The molecule has 0 radical (unpaired) electrons. The zero-order valence-electron chi connectivity index (χ0n) is 10.2. The van der Waals surface area contributed by atoms with Gasteiger partial charge in [0.2, 0.25) is 0 Å². The van der Waals surface area contributed by atoms with Gasteiger partial charge in [-0.15, -0.1) is 0 Å². The normalized spacial score (nSPS) is 20.3. The molecule has 0 bridgehead atoms. The van der Waals surface area contributed by atoms with Crippen molar-refractivity contribution in [2.24, 2.45) is 0 Å². The molecule has 1 aliphatic heterocycles. The van der Waals surface area contributed by atoms with Crippen LogP contribution >= 0.6 is 11.6 Å². The van der Waals surface area contributed by atoms with Crippen molar-refractivity contribution >= 4 is 17.6 Å². The van der Waals surface area contributed by atoms with E-state index >= 15 is 0 Å². The Hall–Kier alpha value is -1.10. The van der Waals surface area contributed by atoms with Gasteiger partial charge in [-0.1, -0.05) is 29.8 Å². The Balaban J connectivity index is 2.43. The van der Waals surface area contributed by atoms with Gasteiger partial charge in [-0.05, 0) is 13.0 Å². The summed E-state index contributed by atoms with van der Waals surface area (Å²) in [6, 6.07) is 7.10. The Morgan fingerprint density at radius 3 is 2.56 bits per heavy atom. The molecule has 1 saturated heterocycles. The highest BCUT2D eigenvalue weighted by molar-refractivity contribution is 6.31. The second-order valence-electron chi connectivity index (χ2n) is 4.46. The van der Waals surface area contributed by atoms with Gasteiger partial charge in [-0.25, -0.2) is 4.79 Å². The minimum absolute atomic E-state index is 0.480. The molecule has 0 aromatic heterocycles. The van der Waals surface area contributed by atoms with E-state index in [4.69, 9.17) is 16.3 Å². The third kappa shape index (κ3) is 2.23. The molecule has 0 amide bonds. The average molecular weight is 270 g/mol. The molecule has 1 N–H and O–H groups in total. The molecular weight excluding hydrogens is 254 g/mol. The highest BCUT2D eigenvalue weighted by atomic mass is 35.5. The molecule has 0 saturated carbocycles. The van der Waals surface area contributed by atoms with Crippen LogP contribution in [0.1, 0.15) is 12.5 Å². The molecule has 1 aromatic rings. The van der Waals surface area contributed by atoms with Crippen LogP contribution in [0, 0.1) is 0 Å². The van der Waals surface area contributed by atoms with Crippen molar-refractivity contribution in [1.82, 2.24) is 4.90 Å². The van der Waals surface area contributed by atoms with Crippen LogP contribution in [-0.4, -0.2) is 42.3 Å². The molecule has 1 atom stereocenters. The summed E-state index contributed by atoms with van der Waals surface area (Å²) < 4.78 is 5.27. The van der Waals surface area contributed by atoms with E-state index in [1.165, 1.54) is 0 Å². The summed E-state index contributed by atoms with van der Waals surface area (Å²) in [5.74, 6) is -0.891. The average Bonchev–Trinajstić information content (AvgIpc) is 2.39. The number of benzene rings is 1. The Morgan fingerprint density at radius 2 is 2.00 bits per heavy atom. The predicted octanol–water partition coefficient (Wildman–Crippen LogP) is 1.97. The van der Waals surface area contributed by atoms with Crippen LogP contribution in [0.5, 0.6) is 0 Å².